The van der Waals surface area contributed by atoms with Crippen molar-refractivity contribution in [2.75, 3.05) is 0 Å². The zero-order valence-corrected chi connectivity index (χ0v) is 9.79. The summed E-state index contributed by atoms with van der Waals surface area (Å²) in [7, 11) is 0. The maximum Gasteiger partial charge on any atom is 0.303 e. The van der Waals surface area contributed by atoms with Gasteiger partial charge in [0.05, 0.1) is 0 Å². The molecule has 0 atom stereocenters. The van der Waals surface area contributed by atoms with Crippen LogP contribution in [-0.4, -0.2) is 16.9 Å². The Hall–Kier alpha value is -0.860. The summed E-state index contributed by atoms with van der Waals surface area (Å²) < 4.78 is 0. The van der Waals surface area contributed by atoms with E-state index < -0.39 is 5.97 Å². The van der Waals surface area contributed by atoms with Gasteiger partial charge in [0, 0.05) is 18.8 Å². The molecule has 0 amide bonds. The van der Waals surface area contributed by atoms with E-state index >= 15 is 0 Å². The number of unbranched alkanes of at least 4 members (excludes halogenated alkanes) is 4. The normalized spacial score (nSPS) is 10.6. The Morgan fingerprint density at radius 2 is 1.40 bits per heavy atom. The fraction of sp³-hybridized carbons (Fsp3) is 0.833. The number of carbonyl (C=O) groups is 2. The summed E-state index contributed by atoms with van der Waals surface area (Å²) in [6.45, 7) is 3.85. The minimum absolute atomic E-state index is 0.150. The highest BCUT2D eigenvalue weighted by Crippen LogP contribution is 2.09. The summed E-state index contributed by atoms with van der Waals surface area (Å²) in [5.41, 5.74) is 0. The summed E-state index contributed by atoms with van der Waals surface area (Å²) >= 11 is 0. The van der Waals surface area contributed by atoms with E-state index in [4.69, 9.17) is 5.11 Å². The molecule has 15 heavy (non-hydrogen) atoms. The third kappa shape index (κ3) is 9.44. The number of hydrogen-bond donors (Lipinski definition) is 1. The summed E-state index contributed by atoms with van der Waals surface area (Å²) in [4.78, 5) is 21.5. The molecule has 3 heteroatoms. The number of carboxylic acid groups (broad SMARTS) is 1. The maximum absolute atomic E-state index is 11.2. The van der Waals surface area contributed by atoms with Crippen LogP contribution in [-0.2, 0) is 9.59 Å². The van der Waals surface area contributed by atoms with Crippen molar-refractivity contribution < 1.29 is 14.7 Å². The van der Waals surface area contributed by atoms with Gasteiger partial charge in [-0.3, -0.25) is 9.59 Å². The van der Waals surface area contributed by atoms with Crippen molar-refractivity contribution in [1.82, 2.24) is 0 Å². The molecule has 0 aliphatic heterocycles. The second-order valence-electron chi connectivity index (χ2n) is 4.28. The average molecular weight is 214 g/mol. The van der Waals surface area contributed by atoms with Crippen LogP contribution in [0.1, 0.15) is 58.8 Å². The van der Waals surface area contributed by atoms with Crippen LogP contribution in [0.2, 0.25) is 0 Å². The lowest BCUT2D eigenvalue weighted by atomic mass is 10.0. The van der Waals surface area contributed by atoms with Crippen molar-refractivity contribution in [1.29, 1.82) is 0 Å². The van der Waals surface area contributed by atoms with E-state index in [2.05, 4.69) is 0 Å². The van der Waals surface area contributed by atoms with Gasteiger partial charge in [0.15, 0.2) is 0 Å². The molecule has 0 aliphatic carbocycles. The maximum atomic E-state index is 11.2. The standard InChI is InChI=1S/C12H22O3/c1-10(2)11(13)8-6-4-3-5-7-9-12(14)15/h10H,3-9H2,1-2H3,(H,14,15). The zero-order valence-electron chi connectivity index (χ0n) is 9.79. The van der Waals surface area contributed by atoms with Crippen LogP contribution in [0.15, 0.2) is 0 Å². The molecule has 0 aromatic heterocycles. The largest absolute Gasteiger partial charge is 0.481 e. The molecule has 0 aromatic carbocycles. The molecular formula is C12H22O3. The van der Waals surface area contributed by atoms with Crippen molar-refractivity contribution in [3.8, 4) is 0 Å². The first-order valence-corrected chi connectivity index (χ1v) is 5.78. The van der Waals surface area contributed by atoms with E-state index in [-0.39, 0.29) is 12.3 Å². The lowest BCUT2D eigenvalue weighted by Gasteiger charge is -2.03. The van der Waals surface area contributed by atoms with Crippen LogP contribution < -0.4 is 0 Å². The van der Waals surface area contributed by atoms with Crippen LogP contribution in [0.5, 0.6) is 0 Å². The molecule has 88 valence electrons. The highest BCUT2D eigenvalue weighted by atomic mass is 16.4. The molecule has 0 saturated carbocycles. The van der Waals surface area contributed by atoms with E-state index in [0.717, 1.165) is 32.1 Å². The minimum atomic E-state index is -0.718. The predicted molar refractivity (Wildman–Crippen MR) is 59.8 cm³/mol. The number of Topliss-reactive ketones (excluding diaryl/α,β-unsaturated/α-hetero) is 1. The monoisotopic (exact) mass is 214 g/mol. The van der Waals surface area contributed by atoms with Gasteiger partial charge >= 0.3 is 5.97 Å². The lowest BCUT2D eigenvalue weighted by molar-refractivity contribution is -0.137. The van der Waals surface area contributed by atoms with E-state index in [1.165, 1.54) is 0 Å². The Morgan fingerprint density at radius 1 is 0.933 bits per heavy atom. The highest BCUT2D eigenvalue weighted by Gasteiger charge is 2.05. The fourth-order valence-electron chi connectivity index (χ4n) is 1.39. The quantitative estimate of drug-likeness (QED) is 0.600. The van der Waals surface area contributed by atoms with Gasteiger partial charge in [-0.05, 0) is 12.8 Å². The Morgan fingerprint density at radius 3 is 1.87 bits per heavy atom. The molecule has 0 rings (SSSR count). The molecular weight excluding hydrogens is 192 g/mol. The molecule has 1 N–H and O–H groups in total. The van der Waals surface area contributed by atoms with Gasteiger partial charge in [-0.25, -0.2) is 0 Å². The van der Waals surface area contributed by atoms with Crippen LogP contribution in [0.3, 0.4) is 0 Å². The average Bonchev–Trinajstić information content (AvgIpc) is 2.15. The summed E-state index contributed by atoms with van der Waals surface area (Å²) in [6, 6.07) is 0. The molecule has 0 bridgehead atoms. The van der Waals surface area contributed by atoms with Crippen molar-refractivity contribution >= 4 is 11.8 Å². The van der Waals surface area contributed by atoms with Crippen molar-refractivity contribution in [3.05, 3.63) is 0 Å². The Kier molecular flexibility index (Phi) is 7.96. The second-order valence-corrected chi connectivity index (χ2v) is 4.28. The van der Waals surface area contributed by atoms with Gasteiger partial charge in [-0.1, -0.05) is 33.1 Å². The fourth-order valence-corrected chi connectivity index (χ4v) is 1.39. The molecule has 3 nitrogen and oxygen atoms in total. The molecule has 0 radical (unpaired) electrons. The van der Waals surface area contributed by atoms with Gasteiger partial charge in [0.1, 0.15) is 5.78 Å². The molecule has 0 aliphatic rings. The predicted octanol–water partition coefficient (Wildman–Crippen LogP) is 3.03. The zero-order chi connectivity index (χ0) is 11.7. The molecule has 0 spiro atoms. The topological polar surface area (TPSA) is 54.4 Å². The Labute approximate surface area is 91.9 Å². The van der Waals surface area contributed by atoms with Gasteiger partial charge in [-0.15, -0.1) is 0 Å². The number of aliphatic carboxylic acids is 1. The number of carboxylic acids is 1. The third-order valence-corrected chi connectivity index (χ3v) is 2.46. The first-order valence-electron chi connectivity index (χ1n) is 5.78. The second kappa shape index (κ2) is 8.45. The molecule has 0 aromatic rings. The number of hydrogen-bond acceptors (Lipinski definition) is 2. The number of carbonyl (C=O) groups excluding carboxylic acids is 1. The summed E-state index contributed by atoms with van der Waals surface area (Å²) in [5.74, 6) is -0.234. The summed E-state index contributed by atoms with van der Waals surface area (Å²) in [5, 5.41) is 8.41. The molecule has 0 heterocycles. The van der Waals surface area contributed by atoms with E-state index in [1.54, 1.807) is 0 Å². The van der Waals surface area contributed by atoms with Crippen LogP contribution in [0.4, 0.5) is 0 Å². The van der Waals surface area contributed by atoms with Crippen LogP contribution in [0, 0.1) is 5.92 Å². The molecule has 0 unspecified atom stereocenters. The summed E-state index contributed by atoms with van der Waals surface area (Å²) in [6.07, 6.45) is 5.69. The van der Waals surface area contributed by atoms with E-state index in [9.17, 15) is 9.59 Å². The Balaban J connectivity index is 3.18. The third-order valence-electron chi connectivity index (χ3n) is 2.46. The van der Waals surface area contributed by atoms with Crippen molar-refractivity contribution in [2.45, 2.75) is 58.8 Å². The smallest absolute Gasteiger partial charge is 0.303 e. The van der Waals surface area contributed by atoms with Gasteiger partial charge in [-0.2, -0.15) is 0 Å². The van der Waals surface area contributed by atoms with Crippen LogP contribution >= 0.6 is 0 Å². The van der Waals surface area contributed by atoms with Gasteiger partial charge in [0.25, 0.3) is 0 Å². The Bertz CT molecular complexity index is 197. The van der Waals surface area contributed by atoms with Crippen LogP contribution in [0.25, 0.3) is 0 Å². The SMILES string of the molecule is CC(C)C(=O)CCCCCCCC(=O)O. The first kappa shape index (κ1) is 14.1. The van der Waals surface area contributed by atoms with E-state index in [1.807, 2.05) is 13.8 Å². The van der Waals surface area contributed by atoms with Gasteiger partial charge < -0.3 is 5.11 Å². The molecule has 0 saturated heterocycles. The lowest BCUT2D eigenvalue weighted by Crippen LogP contribution is -2.05. The van der Waals surface area contributed by atoms with Crippen molar-refractivity contribution in [2.24, 2.45) is 5.92 Å². The number of ketones is 1. The van der Waals surface area contributed by atoms with Gasteiger partial charge in [0.2, 0.25) is 0 Å². The number of rotatable bonds is 9. The highest BCUT2D eigenvalue weighted by molar-refractivity contribution is 5.80. The van der Waals surface area contributed by atoms with Crippen molar-refractivity contribution in [3.63, 3.8) is 0 Å². The van der Waals surface area contributed by atoms with E-state index in [0.29, 0.717) is 12.2 Å². The first-order chi connectivity index (χ1) is 7.04. The minimum Gasteiger partial charge on any atom is -0.481 e. The molecule has 0 fully saturated rings.